The Labute approximate surface area is 155 Å². The van der Waals surface area contributed by atoms with Gasteiger partial charge in [0.1, 0.15) is 18.3 Å². The van der Waals surface area contributed by atoms with Gasteiger partial charge >= 0.3 is 0 Å². The van der Waals surface area contributed by atoms with E-state index in [2.05, 4.69) is 0 Å². The second kappa shape index (κ2) is 10.3. The number of aliphatic hydroxyl groups is 1. The van der Waals surface area contributed by atoms with Crippen LogP contribution in [-0.4, -0.2) is 102 Å². The van der Waals surface area contributed by atoms with Crippen molar-refractivity contribution in [2.75, 3.05) is 72.7 Å². The molecule has 4 atom stereocenters. The van der Waals surface area contributed by atoms with Crippen molar-refractivity contribution in [2.45, 2.75) is 37.8 Å². The summed E-state index contributed by atoms with van der Waals surface area (Å²) in [5.41, 5.74) is -0.438. The highest BCUT2D eigenvalue weighted by molar-refractivity contribution is 4.82. The highest BCUT2D eigenvalue weighted by Gasteiger charge is 2.36. The van der Waals surface area contributed by atoms with Gasteiger partial charge in [-0.15, -0.1) is 0 Å². The van der Waals surface area contributed by atoms with E-state index in [1.165, 1.54) is 0 Å². The molecular weight excluding hydrogens is 344 g/mol. The van der Waals surface area contributed by atoms with Crippen molar-refractivity contribution in [2.24, 2.45) is 5.41 Å². The minimum atomic E-state index is -0.463. The van der Waals surface area contributed by atoms with Gasteiger partial charge in [-0.1, -0.05) is 6.92 Å². The maximum atomic E-state index is 9.76. The smallest absolute Gasteiger partial charge is 0.104 e. The molecule has 1 N–H and O–H groups in total. The van der Waals surface area contributed by atoms with Gasteiger partial charge < -0.3 is 38.3 Å². The molecule has 0 radical (unpaired) electrons. The first-order valence-corrected chi connectivity index (χ1v) is 9.53. The first kappa shape index (κ1) is 20.4. The fourth-order valence-electron chi connectivity index (χ4n) is 2.49. The summed E-state index contributed by atoms with van der Waals surface area (Å²) in [6.45, 7) is 7.95. The minimum absolute atomic E-state index is 0.206. The molecule has 0 aromatic heterocycles. The Balaban J connectivity index is 1.49. The van der Waals surface area contributed by atoms with E-state index in [9.17, 15) is 5.11 Å². The fourth-order valence-corrected chi connectivity index (χ4v) is 2.49. The van der Waals surface area contributed by atoms with Crippen LogP contribution < -0.4 is 0 Å². The third kappa shape index (κ3) is 8.14. The highest BCUT2D eigenvalue weighted by Crippen LogP contribution is 2.24. The maximum Gasteiger partial charge on any atom is 0.104 e. The van der Waals surface area contributed by atoms with Gasteiger partial charge in [-0.3, -0.25) is 0 Å². The lowest BCUT2D eigenvalue weighted by atomic mass is 9.92. The van der Waals surface area contributed by atoms with Gasteiger partial charge in [-0.2, -0.15) is 0 Å². The van der Waals surface area contributed by atoms with Gasteiger partial charge in [0.2, 0.25) is 0 Å². The molecule has 0 aromatic rings. The molecule has 26 heavy (non-hydrogen) atoms. The van der Waals surface area contributed by atoms with Crippen molar-refractivity contribution < 1.29 is 38.3 Å². The van der Waals surface area contributed by atoms with Crippen molar-refractivity contribution in [3.8, 4) is 0 Å². The van der Waals surface area contributed by atoms with E-state index in [0.29, 0.717) is 59.3 Å². The molecule has 0 aliphatic carbocycles. The van der Waals surface area contributed by atoms with Crippen LogP contribution in [-0.2, 0) is 33.2 Å². The molecule has 0 spiro atoms. The Hall–Kier alpha value is -0.320. The molecule has 152 valence electrons. The van der Waals surface area contributed by atoms with Crippen LogP contribution in [0.25, 0.3) is 0 Å². The summed E-state index contributed by atoms with van der Waals surface area (Å²) in [7, 11) is 0. The summed E-state index contributed by atoms with van der Waals surface area (Å²) >= 11 is 0. The molecule has 3 aliphatic heterocycles. The summed E-state index contributed by atoms with van der Waals surface area (Å²) < 4.78 is 39.0. The van der Waals surface area contributed by atoms with Crippen LogP contribution in [0.1, 0.15) is 13.3 Å². The number of hydrogen-bond donors (Lipinski definition) is 1. The summed E-state index contributed by atoms with van der Waals surface area (Å²) in [4.78, 5) is 0. The zero-order valence-corrected chi connectivity index (χ0v) is 15.6. The molecule has 3 rings (SSSR count). The lowest BCUT2D eigenvalue weighted by Crippen LogP contribution is -2.43. The van der Waals surface area contributed by atoms with Crippen molar-refractivity contribution in [3.63, 3.8) is 0 Å². The quantitative estimate of drug-likeness (QED) is 0.355. The van der Waals surface area contributed by atoms with Gasteiger partial charge in [0.25, 0.3) is 0 Å². The predicted molar refractivity (Wildman–Crippen MR) is 91.2 cm³/mol. The second-order valence-corrected chi connectivity index (χ2v) is 7.49. The number of rotatable bonds is 17. The first-order chi connectivity index (χ1) is 12.7. The van der Waals surface area contributed by atoms with E-state index in [4.69, 9.17) is 33.2 Å². The normalized spacial score (nSPS) is 30.0. The first-order valence-electron chi connectivity index (χ1n) is 9.53. The van der Waals surface area contributed by atoms with Crippen LogP contribution in [0.5, 0.6) is 0 Å². The Bertz CT molecular complexity index is 349. The van der Waals surface area contributed by atoms with Crippen molar-refractivity contribution >= 4 is 0 Å². The lowest BCUT2D eigenvalue weighted by Gasteiger charge is -2.33. The standard InChI is InChI=1S/C18H32O8/c1-2-14(19)3-20-10-18(11-21-4-15-7-24-15,12-22-5-16-8-25-16)13-23-6-17-9-26-17/h14-17,19H,2-13H2,1H3. The molecule has 3 aliphatic rings. The molecule has 8 heteroatoms. The van der Waals surface area contributed by atoms with E-state index in [1.807, 2.05) is 6.92 Å². The zero-order valence-electron chi connectivity index (χ0n) is 15.6. The van der Waals surface area contributed by atoms with Gasteiger partial charge in [0, 0.05) is 0 Å². The molecule has 0 aromatic carbocycles. The van der Waals surface area contributed by atoms with Crippen LogP contribution in [0.3, 0.4) is 0 Å². The maximum absolute atomic E-state index is 9.76. The molecule has 3 fully saturated rings. The van der Waals surface area contributed by atoms with Crippen LogP contribution in [0.4, 0.5) is 0 Å². The van der Waals surface area contributed by atoms with Crippen LogP contribution in [0, 0.1) is 5.41 Å². The Morgan fingerprint density at radius 2 is 1.19 bits per heavy atom. The number of epoxide rings is 3. The monoisotopic (exact) mass is 376 g/mol. The second-order valence-electron chi connectivity index (χ2n) is 7.49. The van der Waals surface area contributed by atoms with Crippen LogP contribution >= 0.6 is 0 Å². The third-order valence-corrected chi connectivity index (χ3v) is 4.53. The molecule has 3 heterocycles. The molecule has 0 bridgehead atoms. The number of ether oxygens (including phenoxy) is 7. The number of hydrogen-bond acceptors (Lipinski definition) is 8. The average molecular weight is 376 g/mol. The molecular formula is C18H32O8. The van der Waals surface area contributed by atoms with Gasteiger partial charge in [-0.05, 0) is 6.42 Å². The minimum Gasteiger partial charge on any atom is -0.391 e. The Morgan fingerprint density at radius 1 is 0.808 bits per heavy atom. The van der Waals surface area contributed by atoms with E-state index in [0.717, 1.165) is 19.8 Å². The highest BCUT2D eigenvalue weighted by atomic mass is 16.6. The van der Waals surface area contributed by atoms with E-state index < -0.39 is 11.5 Å². The Kier molecular flexibility index (Phi) is 8.08. The molecule has 3 saturated heterocycles. The van der Waals surface area contributed by atoms with Gasteiger partial charge in [-0.25, -0.2) is 0 Å². The topological polar surface area (TPSA) is 94.7 Å². The van der Waals surface area contributed by atoms with E-state index >= 15 is 0 Å². The SMILES string of the molecule is CCC(O)COCC(COCC1CO1)(COCC1CO1)COCC1CO1. The summed E-state index contributed by atoms with van der Waals surface area (Å²) in [5.74, 6) is 0. The fraction of sp³-hybridized carbons (Fsp3) is 1.00. The third-order valence-electron chi connectivity index (χ3n) is 4.53. The average Bonchev–Trinajstić information content (AvgIpc) is 3.45. The van der Waals surface area contributed by atoms with Crippen LogP contribution in [0.2, 0.25) is 0 Å². The van der Waals surface area contributed by atoms with E-state index in [-0.39, 0.29) is 18.3 Å². The largest absolute Gasteiger partial charge is 0.391 e. The molecule has 4 unspecified atom stereocenters. The lowest BCUT2D eigenvalue weighted by molar-refractivity contribution is -0.117. The van der Waals surface area contributed by atoms with Gasteiger partial charge in [0.15, 0.2) is 0 Å². The predicted octanol–water partition coefficient (Wildman–Crippen LogP) is 0.00650. The van der Waals surface area contributed by atoms with Crippen molar-refractivity contribution in [3.05, 3.63) is 0 Å². The van der Waals surface area contributed by atoms with Crippen molar-refractivity contribution in [1.29, 1.82) is 0 Å². The summed E-state index contributed by atoms with van der Waals surface area (Å²) in [5, 5.41) is 9.76. The Morgan fingerprint density at radius 3 is 1.54 bits per heavy atom. The molecule has 0 saturated carbocycles. The number of aliphatic hydroxyl groups excluding tert-OH is 1. The van der Waals surface area contributed by atoms with E-state index in [1.54, 1.807) is 0 Å². The van der Waals surface area contributed by atoms with Gasteiger partial charge in [0.05, 0.1) is 84.2 Å². The summed E-state index contributed by atoms with van der Waals surface area (Å²) in [6.07, 6.45) is 0.814. The zero-order chi connectivity index (χ0) is 18.2. The molecule has 0 amide bonds. The van der Waals surface area contributed by atoms with Crippen LogP contribution in [0.15, 0.2) is 0 Å². The van der Waals surface area contributed by atoms with Crippen molar-refractivity contribution in [1.82, 2.24) is 0 Å². The molecule has 8 nitrogen and oxygen atoms in total. The summed E-state index contributed by atoms with van der Waals surface area (Å²) in [6, 6.07) is 0.